The van der Waals surface area contributed by atoms with Crippen molar-refractivity contribution in [2.24, 2.45) is 0 Å². The summed E-state index contributed by atoms with van der Waals surface area (Å²) >= 11 is 0. The molecule has 0 radical (unpaired) electrons. The molecule has 118 valence electrons. The Bertz CT molecular complexity index is 438. The lowest BCUT2D eigenvalue weighted by molar-refractivity contribution is -0.121. The first-order valence-corrected chi connectivity index (χ1v) is 6.94. The maximum Gasteiger partial charge on any atom is 0.250 e. The van der Waals surface area contributed by atoms with E-state index in [2.05, 4.69) is 5.32 Å². The summed E-state index contributed by atoms with van der Waals surface area (Å²) in [7, 11) is 1.66. The second kappa shape index (κ2) is 10.1. The van der Waals surface area contributed by atoms with Crippen molar-refractivity contribution >= 4 is 17.3 Å². The van der Waals surface area contributed by atoms with Crippen molar-refractivity contribution in [3.8, 4) is 0 Å². The molecule has 0 saturated carbocycles. The van der Waals surface area contributed by atoms with E-state index in [9.17, 15) is 4.79 Å². The minimum Gasteiger partial charge on any atom is -0.397 e. The van der Waals surface area contributed by atoms with Crippen LogP contribution >= 0.6 is 0 Å². The topological polar surface area (TPSA) is 82.8 Å². The number of benzene rings is 1. The van der Waals surface area contributed by atoms with Crippen LogP contribution in [0.25, 0.3) is 0 Å². The number of carbonyl (C=O) groups is 1. The van der Waals surface area contributed by atoms with Crippen LogP contribution in [0.3, 0.4) is 0 Å². The summed E-state index contributed by atoms with van der Waals surface area (Å²) in [4.78, 5) is 11.7. The Morgan fingerprint density at radius 1 is 1.19 bits per heavy atom. The van der Waals surface area contributed by atoms with Crippen molar-refractivity contribution in [3.63, 3.8) is 0 Å². The summed E-state index contributed by atoms with van der Waals surface area (Å²) in [6, 6.07) is 5.48. The van der Waals surface area contributed by atoms with Crippen LogP contribution < -0.4 is 11.1 Å². The third kappa shape index (κ3) is 7.65. The molecule has 0 bridgehead atoms. The van der Waals surface area contributed by atoms with Crippen LogP contribution in [0.15, 0.2) is 18.2 Å². The third-order valence-corrected chi connectivity index (χ3v) is 2.72. The maximum absolute atomic E-state index is 11.7. The summed E-state index contributed by atoms with van der Waals surface area (Å²) in [5, 5.41) is 2.71. The molecule has 6 nitrogen and oxygen atoms in total. The van der Waals surface area contributed by atoms with E-state index in [1.165, 1.54) is 0 Å². The molecule has 1 rings (SSSR count). The van der Waals surface area contributed by atoms with Gasteiger partial charge in [-0.25, -0.2) is 0 Å². The fraction of sp³-hybridized carbons (Fsp3) is 0.533. The van der Waals surface area contributed by atoms with Gasteiger partial charge in [0.05, 0.1) is 24.6 Å². The van der Waals surface area contributed by atoms with E-state index >= 15 is 0 Å². The zero-order valence-corrected chi connectivity index (χ0v) is 12.7. The molecule has 21 heavy (non-hydrogen) atoms. The van der Waals surface area contributed by atoms with E-state index in [4.69, 9.17) is 19.9 Å². The molecule has 0 fully saturated rings. The average molecular weight is 296 g/mol. The molecule has 0 unspecified atom stereocenters. The monoisotopic (exact) mass is 296 g/mol. The highest BCUT2D eigenvalue weighted by molar-refractivity contribution is 5.94. The molecule has 3 N–H and O–H groups in total. The van der Waals surface area contributed by atoms with E-state index in [0.29, 0.717) is 37.8 Å². The van der Waals surface area contributed by atoms with Crippen molar-refractivity contribution in [2.75, 3.05) is 51.2 Å². The minimum absolute atomic E-state index is 0.0191. The zero-order chi connectivity index (χ0) is 15.5. The SMILES string of the molecule is COCCCOCCOCC(=O)Nc1ccc(C)cc1N. The first-order valence-electron chi connectivity index (χ1n) is 6.94. The molecule has 0 atom stereocenters. The van der Waals surface area contributed by atoms with E-state index in [1.807, 2.05) is 19.1 Å². The Balaban J connectivity index is 2.11. The highest BCUT2D eigenvalue weighted by Gasteiger charge is 2.05. The van der Waals surface area contributed by atoms with Gasteiger partial charge >= 0.3 is 0 Å². The summed E-state index contributed by atoms with van der Waals surface area (Å²) < 4.78 is 15.4. The number of carbonyl (C=O) groups excluding carboxylic acids is 1. The van der Waals surface area contributed by atoms with Crippen LogP contribution in [0.5, 0.6) is 0 Å². The van der Waals surface area contributed by atoms with E-state index in [-0.39, 0.29) is 12.5 Å². The minimum atomic E-state index is -0.232. The Labute approximate surface area is 125 Å². The van der Waals surface area contributed by atoms with Crippen LogP contribution in [0, 0.1) is 6.92 Å². The largest absolute Gasteiger partial charge is 0.397 e. The molecule has 0 saturated heterocycles. The van der Waals surface area contributed by atoms with Crippen LogP contribution in [0.1, 0.15) is 12.0 Å². The Kier molecular flexibility index (Phi) is 8.42. The number of anilines is 2. The van der Waals surface area contributed by atoms with Crippen molar-refractivity contribution in [1.29, 1.82) is 0 Å². The van der Waals surface area contributed by atoms with Gasteiger partial charge in [-0.2, -0.15) is 0 Å². The van der Waals surface area contributed by atoms with E-state index < -0.39 is 0 Å². The van der Waals surface area contributed by atoms with Gasteiger partial charge in [0.25, 0.3) is 0 Å². The summed E-state index contributed by atoms with van der Waals surface area (Å²) in [6.45, 7) is 4.07. The van der Waals surface area contributed by atoms with Crippen molar-refractivity contribution < 1.29 is 19.0 Å². The standard InChI is InChI=1S/C15H24N2O4/c1-12-4-5-14(13(16)10-12)17-15(18)11-21-9-8-20-7-3-6-19-2/h4-5,10H,3,6-9,11,16H2,1-2H3,(H,17,18). The molecule has 6 heteroatoms. The molecular formula is C15H24N2O4. The molecule has 0 aliphatic heterocycles. The molecule has 0 aliphatic rings. The average Bonchev–Trinajstić information content (AvgIpc) is 2.45. The molecule has 1 amide bonds. The smallest absolute Gasteiger partial charge is 0.250 e. The first kappa shape index (κ1) is 17.4. The van der Waals surface area contributed by atoms with Crippen LogP contribution in [-0.2, 0) is 19.0 Å². The van der Waals surface area contributed by atoms with Gasteiger partial charge in [-0.15, -0.1) is 0 Å². The number of hydrogen-bond acceptors (Lipinski definition) is 5. The molecule has 0 aromatic heterocycles. The lowest BCUT2D eigenvalue weighted by atomic mass is 10.2. The van der Waals surface area contributed by atoms with Gasteiger partial charge < -0.3 is 25.3 Å². The third-order valence-electron chi connectivity index (χ3n) is 2.72. The van der Waals surface area contributed by atoms with Crippen LogP contribution in [0.2, 0.25) is 0 Å². The maximum atomic E-state index is 11.7. The Morgan fingerprint density at radius 2 is 1.95 bits per heavy atom. The van der Waals surface area contributed by atoms with Crippen LogP contribution in [0.4, 0.5) is 11.4 Å². The zero-order valence-electron chi connectivity index (χ0n) is 12.7. The highest BCUT2D eigenvalue weighted by atomic mass is 16.5. The number of amides is 1. The Morgan fingerprint density at radius 3 is 2.67 bits per heavy atom. The van der Waals surface area contributed by atoms with Crippen LogP contribution in [-0.4, -0.2) is 46.1 Å². The lowest BCUT2D eigenvalue weighted by Gasteiger charge is -2.09. The number of ether oxygens (including phenoxy) is 3. The second-order valence-electron chi connectivity index (χ2n) is 4.65. The van der Waals surface area contributed by atoms with Gasteiger partial charge in [0, 0.05) is 20.3 Å². The lowest BCUT2D eigenvalue weighted by Crippen LogP contribution is -2.20. The van der Waals surface area contributed by atoms with Gasteiger partial charge in [0.15, 0.2) is 0 Å². The number of hydrogen-bond donors (Lipinski definition) is 2. The fourth-order valence-electron chi connectivity index (χ4n) is 1.67. The summed E-state index contributed by atoms with van der Waals surface area (Å²) in [5.41, 5.74) is 8.01. The van der Waals surface area contributed by atoms with Gasteiger partial charge in [0.1, 0.15) is 6.61 Å². The number of rotatable bonds is 10. The van der Waals surface area contributed by atoms with Gasteiger partial charge in [-0.05, 0) is 31.0 Å². The van der Waals surface area contributed by atoms with Gasteiger partial charge in [0.2, 0.25) is 5.91 Å². The number of aryl methyl sites for hydroxylation is 1. The predicted molar refractivity (Wildman–Crippen MR) is 82.4 cm³/mol. The predicted octanol–water partition coefficient (Wildman–Crippen LogP) is 1.59. The molecule has 1 aromatic rings. The highest BCUT2D eigenvalue weighted by Crippen LogP contribution is 2.19. The number of nitrogens with two attached hydrogens (primary N) is 1. The second-order valence-corrected chi connectivity index (χ2v) is 4.65. The molecule has 0 heterocycles. The molecule has 0 spiro atoms. The summed E-state index contributed by atoms with van der Waals surface area (Å²) in [5.74, 6) is -0.232. The van der Waals surface area contributed by atoms with Gasteiger partial charge in [-0.1, -0.05) is 6.07 Å². The van der Waals surface area contributed by atoms with E-state index in [0.717, 1.165) is 12.0 Å². The fourth-order valence-corrected chi connectivity index (χ4v) is 1.67. The summed E-state index contributed by atoms with van der Waals surface area (Å²) in [6.07, 6.45) is 0.851. The molecular weight excluding hydrogens is 272 g/mol. The molecule has 1 aromatic carbocycles. The van der Waals surface area contributed by atoms with Crippen molar-refractivity contribution in [1.82, 2.24) is 0 Å². The Hall–Kier alpha value is -1.63. The van der Waals surface area contributed by atoms with Crippen molar-refractivity contribution in [3.05, 3.63) is 23.8 Å². The van der Waals surface area contributed by atoms with E-state index in [1.54, 1.807) is 13.2 Å². The van der Waals surface area contributed by atoms with Crippen molar-refractivity contribution in [2.45, 2.75) is 13.3 Å². The van der Waals surface area contributed by atoms with Gasteiger partial charge in [-0.3, -0.25) is 4.79 Å². The number of nitrogens with one attached hydrogen (secondary N) is 1. The normalized spacial score (nSPS) is 10.6. The number of nitrogen functional groups attached to an aromatic ring is 1. The molecule has 0 aliphatic carbocycles. The quantitative estimate of drug-likeness (QED) is 0.506. The number of methoxy groups -OCH3 is 1. The first-order chi connectivity index (χ1) is 10.1.